The summed E-state index contributed by atoms with van der Waals surface area (Å²) >= 11 is 6.06. The Kier molecular flexibility index (Phi) is 5.57. The number of allylic oxidation sites excluding steroid dienone is 2. The van der Waals surface area contributed by atoms with E-state index in [4.69, 9.17) is 16.3 Å². The minimum atomic E-state index is -0.621. The summed E-state index contributed by atoms with van der Waals surface area (Å²) in [5.41, 5.74) is 1.40. The number of benzene rings is 1. The van der Waals surface area contributed by atoms with Crippen molar-refractivity contribution in [3.8, 4) is 5.69 Å². The molecule has 4 heterocycles. The summed E-state index contributed by atoms with van der Waals surface area (Å²) in [7, 11) is 0. The van der Waals surface area contributed by atoms with Crippen molar-refractivity contribution in [3.05, 3.63) is 77.3 Å². The Labute approximate surface area is 201 Å². The highest BCUT2D eigenvalue weighted by atomic mass is 35.5. The fourth-order valence-electron chi connectivity index (χ4n) is 4.24. The van der Waals surface area contributed by atoms with Crippen molar-refractivity contribution in [1.82, 2.24) is 24.6 Å². The SMILES string of the molecule is CC1(C)CN(C(=O)C2=NCC3=CC=COC3=C2)CCN1C(=O)c1ncn(-c2cccc(Cl)c2)n1. The zero-order valence-corrected chi connectivity index (χ0v) is 19.6. The molecule has 0 atom stereocenters. The zero-order chi connectivity index (χ0) is 23.9. The minimum Gasteiger partial charge on any atom is -0.465 e. The van der Waals surface area contributed by atoms with Crippen LogP contribution < -0.4 is 0 Å². The second-order valence-corrected chi connectivity index (χ2v) is 9.27. The maximum absolute atomic E-state index is 13.3. The van der Waals surface area contributed by atoms with Crippen molar-refractivity contribution in [2.45, 2.75) is 19.4 Å². The summed E-state index contributed by atoms with van der Waals surface area (Å²) in [5, 5.41) is 4.92. The van der Waals surface area contributed by atoms with Crippen molar-refractivity contribution >= 4 is 29.1 Å². The predicted octanol–water partition coefficient (Wildman–Crippen LogP) is 2.79. The fraction of sp³-hybridized carbons (Fsp3) is 0.292. The van der Waals surface area contributed by atoms with E-state index in [1.54, 1.807) is 46.4 Å². The fourth-order valence-corrected chi connectivity index (χ4v) is 4.43. The molecule has 34 heavy (non-hydrogen) atoms. The number of carbonyl (C=O) groups is 2. The van der Waals surface area contributed by atoms with E-state index in [0.29, 0.717) is 48.4 Å². The number of rotatable bonds is 3. The second kappa shape index (κ2) is 8.57. The molecule has 2 amide bonds. The number of aromatic nitrogens is 3. The molecule has 0 aliphatic carbocycles. The van der Waals surface area contributed by atoms with Crippen LogP contribution in [0.25, 0.3) is 5.69 Å². The molecule has 1 fully saturated rings. The molecule has 0 bridgehead atoms. The minimum absolute atomic E-state index is 0.0936. The van der Waals surface area contributed by atoms with E-state index in [1.165, 1.54) is 11.0 Å². The van der Waals surface area contributed by atoms with E-state index in [0.717, 1.165) is 5.57 Å². The highest BCUT2D eigenvalue weighted by molar-refractivity contribution is 6.43. The van der Waals surface area contributed by atoms with E-state index in [-0.39, 0.29) is 17.6 Å². The third kappa shape index (κ3) is 4.14. The highest BCUT2D eigenvalue weighted by Crippen LogP contribution is 2.25. The van der Waals surface area contributed by atoms with Gasteiger partial charge in [-0.1, -0.05) is 23.7 Å². The van der Waals surface area contributed by atoms with Crippen LogP contribution in [0.5, 0.6) is 0 Å². The van der Waals surface area contributed by atoms with Crippen molar-refractivity contribution in [1.29, 1.82) is 0 Å². The number of dihydropyridines is 1. The molecule has 5 rings (SSSR count). The molecule has 1 aromatic heterocycles. The number of halogens is 1. The second-order valence-electron chi connectivity index (χ2n) is 8.84. The summed E-state index contributed by atoms with van der Waals surface area (Å²) in [5.74, 6) is 0.284. The molecule has 9 nitrogen and oxygen atoms in total. The first-order valence-corrected chi connectivity index (χ1v) is 11.3. The zero-order valence-electron chi connectivity index (χ0n) is 18.8. The normalized spacial score (nSPS) is 19.0. The smallest absolute Gasteiger partial charge is 0.294 e. The van der Waals surface area contributed by atoms with Gasteiger partial charge in [-0.25, -0.2) is 9.67 Å². The molecule has 1 aromatic carbocycles. The molecule has 0 saturated carbocycles. The largest absolute Gasteiger partial charge is 0.465 e. The number of hydrogen-bond acceptors (Lipinski definition) is 6. The monoisotopic (exact) mass is 478 g/mol. The summed E-state index contributed by atoms with van der Waals surface area (Å²) in [6, 6.07) is 7.15. The van der Waals surface area contributed by atoms with Crippen LogP contribution in [-0.2, 0) is 9.53 Å². The van der Waals surface area contributed by atoms with Crippen molar-refractivity contribution < 1.29 is 14.3 Å². The summed E-state index contributed by atoms with van der Waals surface area (Å²) in [4.78, 5) is 38.5. The lowest BCUT2D eigenvalue weighted by Gasteiger charge is -2.46. The topological polar surface area (TPSA) is 92.9 Å². The molecule has 0 unspecified atom stereocenters. The van der Waals surface area contributed by atoms with E-state index >= 15 is 0 Å². The van der Waals surface area contributed by atoms with Gasteiger partial charge >= 0.3 is 0 Å². The van der Waals surface area contributed by atoms with Gasteiger partial charge in [0.2, 0.25) is 5.82 Å². The first-order valence-electron chi connectivity index (χ1n) is 10.9. The molecule has 10 heteroatoms. The van der Waals surface area contributed by atoms with Crippen molar-refractivity contribution in [3.63, 3.8) is 0 Å². The summed E-state index contributed by atoms with van der Waals surface area (Å²) in [6.07, 6.45) is 8.48. The Hall–Kier alpha value is -3.72. The van der Waals surface area contributed by atoms with Gasteiger partial charge in [0.1, 0.15) is 17.8 Å². The number of piperazine rings is 1. The van der Waals surface area contributed by atoms with E-state index in [2.05, 4.69) is 15.1 Å². The van der Waals surface area contributed by atoms with Gasteiger partial charge in [0.15, 0.2) is 0 Å². The van der Waals surface area contributed by atoms with Crippen LogP contribution in [0.4, 0.5) is 0 Å². The Bertz CT molecular complexity index is 1290. The van der Waals surface area contributed by atoms with E-state index < -0.39 is 5.54 Å². The summed E-state index contributed by atoms with van der Waals surface area (Å²) < 4.78 is 7.03. The van der Waals surface area contributed by atoms with Crippen LogP contribution in [0.1, 0.15) is 24.5 Å². The average Bonchev–Trinajstić information content (AvgIpc) is 3.33. The molecule has 174 valence electrons. The van der Waals surface area contributed by atoms with Gasteiger partial charge in [-0.3, -0.25) is 14.6 Å². The van der Waals surface area contributed by atoms with Crippen molar-refractivity contribution in [2.24, 2.45) is 4.99 Å². The van der Waals surface area contributed by atoms with Gasteiger partial charge in [-0.2, -0.15) is 0 Å². The van der Waals surface area contributed by atoms with Gasteiger partial charge in [-0.15, -0.1) is 5.10 Å². The Balaban J connectivity index is 1.29. The van der Waals surface area contributed by atoms with E-state index in [1.807, 2.05) is 26.0 Å². The number of carbonyl (C=O) groups excluding carboxylic acids is 2. The van der Waals surface area contributed by atoms with Crippen LogP contribution >= 0.6 is 11.6 Å². The van der Waals surface area contributed by atoms with E-state index in [9.17, 15) is 9.59 Å². The molecule has 0 radical (unpaired) electrons. The molecular weight excluding hydrogens is 456 g/mol. The van der Waals surface area contributed by atoms with Crippen molar-refractivity contribution in [2.75, 3.05) is 26.2 Å². The lowest BCUT2D eigenvalue weighted by atomic mass is 9.97. The molecular formula is C24H23ClN6O3. The lowest BCUT2D eigenvalue weighted by molar-refractivity contribution is -0.128. The lowest BCUT2D eigenvalue weighted by Crippen LogP contribution is -2.62. The molecule has 3 aliphatic heterocycles. The molecule has 3 aliphatic rings. The molecule has 0 N–H and O–H groups in total. The highest BCUT2D eigenvalue weighted by Gasteiger charge is 2.40. The van der Waals surface area contributed by atoms with Gasteiger partial charge in [-0.05, 0) is 38.1 Å². The van der Waals surface area contributed by atoms with Gasteiger partial charge < -0.3 is 14.5 Å². The molecule has 2 aromatic rings. The first kappa shape index (κ1) is 22.1. The Morgan fingerprint density at radius 2 is 2.03 bits per heavy atom. The first-order chi connectivity index (χ1) is 16.3. The maximum atomic E-state index is 13.3. The quantitative estimate of drug-likeness (QED) is 0.676. The number of aliphatic imine (C=N–C) groups is 1. The Morgan fingerprint density at radius 1 is 1.18 bits per heavy atom. The maximum Gasteiger partial charge on any atom is 0.294 e. The van der Waals surface area contributed by atoms with Gasteiger partial charge in [0.05, 0.1) is 24.0 Å². The van der Waals surface area contributed by atoms with Crippen LogP contribution in [0, 0.1) is 0 Å². The number of hydrogen-bond donors (Lipinski definition) is 0. The third-order valence-corrected chi connectivity index (χ3v) is 6.22. The van der Waals surface area contributed by atoms with Crippen LogP contribution in [0.15, 0.2) is 71.4 Å². The van der Waals surface area contributed by atoms with Crippen LogP contribution in [-0.4, -0.2) is 73.8 Å². The third-order valence-electron chi connectivity index (χ3n) is 5.98. The molecule has 1 saturated heterocycles. The van der Waals surface area contributed by atoms with Crippen LogP contribution in [0.3, 0.4) is 0 Å². The summed E-state index contributed by atoms with van der Waals surface area (Å²) in [6.45, 7) is 5.36. The average molecular weight is 479 g/mol. The molecule has 0 spiro atoms. The van der Waals surface area contributed by atoms with Gasteiger partial charge in [0.25, 0.3) is 11.8 Å². The number of ether oxygens (including phenoxy) is 1. The number of nitrogens with zero attached hydrogens (tertiary/aromatic N) is 6. The Morgan fingerprint density at radius 3 is 2.82 bits per heavy atom. The number of amides is 2. The van der Waals surface area contributed by atoms with Crippen LogP contribution in [0.2, 0.25) is 5.02 Å². The number of fused-ring (bicyclic) bond motifs is 1. The predicted molar refractivity (Wildman–Crippen MR) is 127 cm³/mol. The van der Waals surface area contributed by atoms with Gasteiger partial charge in [0, 0.05) is 36.3 Å². The standard InChI is InChI=1S/C24H23ClN6O3/c1-24(2)14-29(22(32)19-12-20-16(13-26-19)5-4-10-34-20)8-9-30(24)23(33)21-27-15-31(28-21)18-7-3-6-17(25)11-18/h3-7,10-12,15H,8-9,13-14H2,1-2H3.